The van der Waals surface area contributed by atoms with Crippen LogP contribution < -0.4 is 5.32 Å². The van der Waals surface area contributed by atoms with E-state index in [4.69, 9.17) is 4.74 Å². The molecular weight excluding hydrogens is 731 g/mol. The van der Waals surface area contributed by atoms with Crippen molar-refractivity contribution in [3.63, 3.8) is 0 Å². The first-order valence-electron chi connectivity index (χ1n) is 24.0. The van der Waals surface area contributed by atoms with Gasteiger partial charge in [-0.25, -0.2) is 0 Å². The molecule has 1 amide bonds. The van der Waals surface area contributed by atoms with Crippen molar-refractivity contribution < 1.29 is 24.5 Å². The number of carbonyl (C=O) groups excluding carboxylic acids is 2. The minimum Gasteiger partial charge on any atom is -0.462 e. The van der Waals surface area contributed by atoms with Gasteiger partial charge < -0.3 is 20.3 Å². The number of unbranched alkanes of at least 4 members (excludes halogenated alkanes) is 13. The van der Waals surface area contributed by atoms with E-state index in [2.05, 4.69) is 117 Å². The zero-order valence-electron chi connectivity index (χ0n) is 38.1. The first-order chi connectivity index (χ1) is 29.0. The van der Waals surface area contributed by atoms with E-state index >= 15 is 0 Å². The highest BCUT2D eigenvalue weighted by molar-refractivity contribution is 5.77. The van der Waals surface area contributed by atoms with Gasteiger partial charge in [0, 0.05) is 6.42 Å². The molecule has 0 aromatic carbocycles. The molecule has 0 aliphatic heterocycles. The highest BCUT2D eigenvalue weighted by atomic mass is 16.5. The van der Waals surface area contributed by atoms with Gasteiger partial charge in [0.2, 0.25) is 5.91 Å². The molecule has 0 radical (unpaired) electrons. The molecule has 0 aliphatic rings. The standard InChI is InChI=1S/C53H89NO5/c1-4-7-10-13-16-19-21-23-25-27-29-31-34-37-40-43-46-53(58)59-49(44-41-38-35-33-30-28-26-24-22-20-17-14-11-8-5-2)47-52(57)54-50(48-55)51(56)45-42-39-36-32-18-15-12-9-6-3/h7,10,16-17,19-20,23-26,29-31,33,37,40,49-51,55-56H,4-6,8-9,11-15,18,21-22,27-28,32,34-36,38-39,41-48H2,1-3H3,(H,54,57)/b10-7+,19-16+,20-17-,25-23+,26-24-,31-29+,33-30-,40-37+. The van der Waals surface area contributed by atoms with E-state index in [0.717, 1.165) is 83.5 Å². The lowest BCUT2D eigenvalue weighted by atomic mass is 10.0. The second kappa shape index (κ2) is 45.9. The second-order valence-corrected chi connectivity index (χ2v) is 15.8. The summed E-state index contributed by atoms with van der Waals surface area (Å²) in [5.41, 5.74) is 0. The summed E-state index contributed by atoms with van der Waals surface area (Å²) in [5.74, 6) is -0.622. The summed E-state index contributed by atoms with van der Waals surface area (Å²) >= 11 is 0. The third-order valence-electron chi connectivity index (χ3n) is 10.2. The van der Waals surface area contributed by atoms with Crippen LogP contribution in [0.1, 0.15) is 201 Å². The first kappa shape index (κ1) is 55.8. The molecule has 0 aromatic rings. The Morgan fingerprint density at radius 3 is 1.41 bits per heavy atom. The molecule has 6 nitrogen and oxygen atoms in total. The summed E-state index contributed by atoms with van der Waals surface area (Å²) in [4.78, 5) is 26.0. The molecule has 336 valence electrons. The molecule has 0 rings (SSSR count). The summed E-state index contributed by atoms with van der Waals surface area (Å²) in [7, 11) is 0. The van der Waals surface area contributed by atoms with Crippen molar-refractivity contribution in [3.8, 4) is 0 Å². The van der Waals surface area contributed by atoms with Crippen molar-refractivity contribution in [2.45, 2.75) is 219 Å². The van der Waals surface area contributed by atoms with Gasteiger partial charge in [0.1, 0.15) is 6.10 Å². The molecular formula is C53H89NO5. The average molecular weight is 820 g/mol. The maximum atomic E-state index is 13.1. The lowest BCUT2D eigenvalue weighted by Crippen LogP contribution is -2.46. The third-order valence-corrected chi connectivity index (χ3v) is 10.2. The van der Waals surface area contributed by atoms with Gasteiger partial charge in [0.25, 0.3) is 0 Å². The van der Waals surface area contributed by atoms with Crippen LogP contribution in [0.4, 0.5) is 0 Å². The van der Waals surface area contributed by atoms with E-state index in [1.54, 1.807) is 0 Å². The van der Waals surface area contributed by atoms with Crippen LogP contribution in [-0.4, -0.2) is 46.9 Å². The molecule has 0 saturated carbocycles. The lowest BCUT2D eigenvalue weighted by Gasteiger charge is -2.24. The smallest absolute Gasteiger partial charge is 0.306 e. The number of nitrogens with one attached hydrogen (secondary N) is 1. The minimum absolute atomic E-state index is 0.0162. The molecule has 0 heterocycles. The minimum atomic E-state index is -0.813. The van der Waals surface area contributed by atoms with Gasteiger partial charge in [-0.05, 0) is 96.3 Å². The van der Waals surface area contributed by atoms with E-state index < -0.39 is 18.2 Å². The van der Waals surface area contributed by atoms with Crippen molar-refractivity contribution in [2.24, 2.45) is 0 Å². The van der Waals surface area contributed by atoms with Crippen LogP contribution in [0.5, 0.6) is 0 Å². The fourth-order valence-corrected chi connectivity index (χ4v) is 6.54. The Kier molecular flexibility index (Phi) is 43.4. The predicted molar refractivity (Wildman–Crippen MR) is 254 cm³/mol. The van der Waals surface area contributed by atoms with Crippen molar-refractivity contribution in [3.05, 3.63) is 97.2 Å². The largest absolute Gasteiger partial charge is 0.462 e. The summed E-state index contributed by atoms with van der Waals surface area (Å²) < 4.78 is 5.85. The number of allylic oxidation sites excluding steroid dienone is 16. The highest BCUT2D eigenvalue weighted by Crippen LogP contribution is 2.16. The Morgan fingerprint density at radius 2 is 0.915 bits per heavy atom. The van der Waals surface area contributed by atoms with Gasteiger partial charge in [0.15, 0.2) is 0 Å². The van der Waals surface area contributed by atoms with Crippen LogP contribution in [-0.2, 0) is 14.3 Å². The number of amides is 1. The van der Waals surface area contributed by atoms with Gasteiger partial charge in [-0.15, -0.1) is 0 Å². The Balaban J connectivity index is 4.82. The van der Waals surface area contributed by atoms with E-state index in [-0.39, 0.29) is 31.3 Å². The molecule has 0 bridgehead atoms. The SMILES string of the molecule is CC/C=C/C/C=C/C/C=C/C/C=C/C/C=C/CCC(=O)OC(CCCC/C=C\C/C=C\C/C=C\CCCCC)CC(=O)NC(CO)C(O)CCCCCCCCCCC. The number of hydrogen-bond donors (Lipinski definition) is 3. The summed E-state index contributed by atoms with van der Waals surface area (Å²) in [5, 5.41) is 23.6. The lowest BCUT2D eigenvalue weighted by molar-refractivity contribution is -0.150. The Hall–Kier alpha value is -3.22. The highest BCUT2D eigenvalue weighted by Gasteiger charge is 2.23. The van der Waals surface area contributed by atoms with Crippen LogP contribution in [0, 0.1) is 0 Å². The molecule has 3 unspecified atom stereocenters. The van der Waals surface area contributed by atoms with Crippen molar-refractivity contribution in [2.75, 3.05) is 6.61 Å². The summed E-state index contributed by atoms with van der Waals surface area (Å²) in [6.07, 6.45) is 60.5. The molecule has 0 aromatic heterocycles. The average Bonchev–Trinajstić information content (AvgIpc) is 3.23. The number of ether oxygens (including phenoxy) is 1. The number of hydrogen-bond acceptors (Lipinski definition) is 5. The number of esters is 1. The second-order valence-electron chi connectivity index (χ2n) is 15.8. The summed E-state index contributed by atoms with van der Waals surface area (Å²) in [6.45, 7) is 6.27. The molecule has 3 atom stereocenters. The number of aliphatic hydroxyl groups excluding tert-OH is 2. The monoisotopic (exact) mass is 820 g/mol. The topological polar surface area (TPSA) is 95.9 Å². The first-order valence-corrected chi connectivity index (χ1v) is 24.0. The van der Waals surface area contributed by atoms with Crippen molar-refractivity contribution >= 4 is 11.9 Å². The fourth-order valence-electron chi connectivity index (χ4n) is 6.54. The zero-order chi connectivity index (χ0) is 43.1. The van der Waals surface area contributed by atoms with Gasteiger partial charge in [-0.3, -0.25) is 9.59 Å². The quantitative estimate of drug-likeness (QED) is 0.0324. The van der Waals surface area contributed by atoms with Gasteiger partial charge in [-0.1, -0.05) is 189 Å². The van der Waals surface area contributed by atoms with Crippen LogP contribution in [0.2, 0.25) is 0 Å². The molecule has 3 N–H and O–H groups in total. The Labute approximate surface area is 363 Å². The molecule has 0 aliphatic carbocycles. The number of carbonyl (C=O) groups is 2. The van der Waals surface area contributed by atoms with Crippen LogP contribution in [0.3, 0.4) is 0 Å². The number of aliphatic hydroxyl groups is 2. The third kappa shape index (κ3) is 41.3. The van der Waals surface area contributed by atoms with Gasteiger partial charge >= 0.3 is 5.97 Å². The van der Waals surface area contributed by atoms with E-state index in [9.17, 15) is 19.8 Å². The molecule has 0 fully saturated rings. The molecule has 6 heteroatoms. The van der Waals surface area contributed by atoms with Crippen LogP contribution in [0.15, 0.2) is 97.2 Å². The van der Waals surface area contributed by atoms with Crippen LogP contribution in [0.25, 0.3) is 0 Å². The van der Waals surface area contributed by atoms with E-state index in [1.165, 1.54) is 64.2 Å². The fraction of sp³-hybridized carbons (Fsp3) is 0.660. The van der Waals surface area contributed by atoms with Crippen LogP contribution >= 0.6 is 0 Å². The molecule has 59 heavy (non-hydrogen) atoms. The van der Waals surface area contributed by atoms with E-state index in [0.29, 0.717) is 19.3 Å². The zero-order valence-corrected chi connectivity index (χ0v) is 38.1. The summed E-state index contributed by atoms with van der Waals surface area (Å²) in [6, 6.07) is -0.732. The van der Waals surface area contributed by atoms with Gasteiger partial charge in [0.05, 0.1) is 25.2 Å². The van der Waals surface area contributed by atoms with E-state index in [1.807, 2.05) is 6.08 Å². The Bertz CT molecular complexity index is 1190. The van der Waals surface area contributed by atoms with Crippen molar-refractivity contribution in [1.82, 2.24) is 5.32 Å². The maximum absolute atomic E-state index is 13.1. The van der Waals surface area contributed by atoms with Gasteiger partial charge in [-0.2, -0.15) is 0 Å². The predicted octanol–water partition coefficient (Wildman–Crippen LogP) is 14.2. The molecule has 0 saturated heterocycles. The Morgan fingerprint density at radius 1 is 0.508 bits per heavy atom. The molecule has 0 spiro atoms. The number of rotatable bonds is 41. The van der Waals surface area contributed by atoms with Crippen molar-refractivity contribution in [1.29, 1.82) is 0 Å². The maximum Gasteiger partial charge on any atom is 0.306 e. The normalized spacial score (nSPS) is 14.2.